The zero-order valence-corrected chi connectivity index (χ0v) is 37.8. The van der Waals surface area contributed by atoms with Gasteiger partial charge in [-0.05, 0) is 109 Å². The highest BCUT2D eigenvalue weighted by atomic mass is 35.5. The van der Waals surface area contributed by atoms with E-state index in [4.69, 9.17) is 25.8 Å². The van der Waals surface area contributed by atoms with Gasteiger partial charge in [0.25, 0.3) is 0 Å². The van der Waals surface area contributed by atoms with Gasteiger partial charge in [-0.15, -0.1) is 0 Å². The van der Waals surface area contributed by atoms with Gasteiger partial charge in [0, 0.05) is 34.9 Å². The van der Waals surface area contributed by atoms with Crippen molar-refractivity contribution in [1.82, 2.24) is 19.9 Å². The number of rotatable bonds is 18. The summed E-state index contributed by atoms with van der Waals surface area (Å²) in [5.41, 5.74) is 6.82. The van der Waals surface area contributed by atoms with Crippen molar-refractivity contribution >= 4 is 69.6 Å². The normalized spacial score (nSPS) is 10.5. The quantitative estimate of drug-likeness (QED) is 0.0518. The molecule has 0 saturated carbocycles. The molecule has 0 aliphatic heterocycles. The molecule has 15 heteroatoms. The summed E-state index contributed by atoms with van der Waals surface area (Å²) < 4.78 is 16.9. The van der Waals surface area contributed by atoms with Crippen LogP contribution in [0.15, 0.2) is 123 Å². The second-order valence-corrected chi connectivity index (χ2v) is 15.7. The fraction of sp³-hybridized carbons (Fsp3) is 0.224. The van der Waals surface area contributed by atoms with Crippen molar-refractivity contribution in [2.24, 2.45) is 11.8 Å². The minimum Gasteiger partial charge on any atom is -0.495 e. The van der Waals surface area contributed by atoms with Crippen molar-refractivity contribution in [3.8, 4) is 23.1 Å². The van der Waals surface area contributed by atoms with Gasteiger partial charge in [-0.1, -0.05) is 76.7 Å². The van der Waals surface area contributed by atoms with E-state index in [9.17, 15) is 9.59 Å². The van der Waals surface area contributed by atoms with Crippen LogP contribution in [0.1, 0.15) is 44.4 Å². The van der Waals surface area contributed by atoms with E-state index in [-0.39, 0.29) is 22.7 Å². The Morgan fingerprint density at radius 3 is 1.73 bits per heavy atom. The summed E-state index contributed by atoms with van der Waals surface area (Å²) in [5.74, 6) is 3.99. The molecule has 0 fully saturated rings. The minimum atomic E-state index is -0.318. The van der Waals surface area contributed by atoms with Crippen molar-refractivity contribution < 1.29 is 23.8 Å². The molecule has 0 radical (unpaired) electrons. The summed E-state index contributed by atoms with van der Waals surface area (Å²) in [6.45, 7) is 17.6. The molecule has 2 heterocycles. The number of methoxy groups -OCH3 is 2. The van der Waals surface area contributed by atoms with Gasteiger partial charge in [0.1, 0.15) is 28.1 Å². The zero-order valence-electron chi connectivity index (χ0n) is 37.1. The van der Waals surface area contributed by atoms with E-state index < -0.39 is 0 Å². The van der Waals surface area contributed by atoms with Gasteiger partial charge in [0.15, 0.2) is 0 Å². The third-order valence-electron chi connectivity index (χ3n) is 9.08. The number of hydrogen-bond acceptors (Lipinski definition) is 12. The van der Waals surface area contributed by atoms with Crippen LogP contribution in [0.5, 0.6) is 23.1 Å². The van der Waals surface area contributed by atoms with Crippen molar-refractivity contribution in [2.45, 2.75) is 47.5 Å². The number of halogens is 1. The van der Waals surface area contributed by atoms with Crippen molar-refractivity contribution in [3.05, 3.63) is 144 Å². The third kappa shape index (κ3) is 14.3. The average Bonchev–Trinajstić information content (AvgIpc) is 3.27. The van der Waals surface area contributed by atoms with Crippen LogP contribution >= 0.6 is 11.6 Å². The molecule has 0 spiro atoms. The summed E-state index contributed by atoms with van der Waals surface area (Å²) in [6, 6.07) is 26.3. The highest BCUT2D eigenvalue weighted by molar-refractivity contribution is 6.31. The maximum atomic E-state index is 11.6. The first kappa shape index (κ1) is 47.6. The molecule has 332 valence electrons. The molecule has 6 rings (SSSR count). The number of benzene rings is 4. The fourth-order valence-corrected chi connectivity index (χ4v) is 6.30. The van der Waals surface area contributed by atoms with Gasteiger partial charge in [-0.25, -0.2) is 9.97 Å². The number of carbonyl (C=O) groups excluding carboxylic acids is 2. The van der Waals surface area contributed by atoms with Gasteiger partial charge >= 0.3 is 0 Å². The van der Waals surface area contributed by atoms with Gasteiger partial charge in [-0.2, -0.15) is 9.97 Å². The Kier molecular flexibility index (Phi) is 17.2. The summed E-state index contributed by atoms with van der Waals surface area (Å²) >= 11 is 6.24. The number of ether oxygens (including phenoxy) is 3. The zero-order chi connectivity index (χ0) is 46.2. The number of hydrogen-bond donors (Lipinski definition) is 5. The number of carbonyl (C=O) groups is 2. The largest absolute Gasteiger partial charge is 0.495 e. The SMILES string of the molecule is C=CC(=O)Nc1cccc(Nc2nc(Nc3ccc(CC(C)C)cc3OC)ncc2C)c1.C=CC(=O)Nc1cccc(Oc2nc(Nc3ccc(CC(C)C)cc3OC)ncc2Cl)c1. The van der Waals surface area contributed by atoms with E-state index in [1.807, 2.05) is 61.5 Å². The van der Waals surface area contributed by atoms with E-state index in [1.165, 1.54) is 29.5 Å². The lowest BCUT2D eigenvalue weighted by Gasteiger charge is -2.15. The van der Waals surface area contributed by atoms with Crippen LogP contribution < -0.4 is 40.8 Å². The van der Waals surface area contributed by atoms with E-state index >= 15 is 0 Å². The number of aromatic nitrogens is 4. The van der Waals surface area contributed by atoms with Crippen LogP contribution in [0.25, 0.3) is 0 Å². The molecule has 5 N–H and O–H groups in total. The Balaban J connectivity index is 0.000000241. The Morgan fingerprint density at radius 2 is 1.19 bits per heavy atom. The molecule has 4 aromatic carbocycles. The van der Waals surface area contributed by atoms with Gasteiger partial charge in [0.05, 0.1) is 31.8 Å². The molecule has 0 unspecified atom stereocenters. The molecule has 0 saturated heterocycles. The summed E-state index contributed by atoms with van der Waals surface area (Å²) in [5, 5.41) is 15.4. The van der Waals surface area contributed by atoms with Gasteiger partial charge in [0.2, 0.25) is 29.6 Å². The van der Waals surface area contributed by atoms with Gasteiger partial charge < -0.3 is 40.8 Å². The highest BCUT2D eigenvalue weighted by Gasteiger charge is 2.14. The van der Waals surface area contributed by atoms with Crippen molar-refractivity contribution in [3.63, 3.8) is 0 Å². The van der Waals surface area contributed by atoms with Gasteiger partial charge in [-0.3, -0.25) is 9.59 Å². The number of amides is 2. The van der Waals surface area contributed by atoms with E-state index in [1.54, 1.807) is 44.7 Å². The molecule has 14 nitrogen and oxygen atoms in total. The lowest BCUT2D eigenvalue weighted by atomic mass is 10.0. The lowest BCUT2D eigenvalue weighted by Crippen LogP contribution is -2.07. The maximum absolute atomic E-state index is 11.6. The predicted molar refractivity (Wildman–Crippen MR) is 257 cm³/mol. The summed E-state index contributed by atoms with van der Waals surface area (Å²) in [7, 11) is 3.27. The van der Waals surface area contributed by atoms with Crippen molar-refractivity contribution in [2.75, 3.05) is 40.8 Å². The Hall–Kier alpha value is -7.45. The summed E-state index contributed by atoms with van der Waals surface area (Å²) in [4.78, 5) is 40.7. The van der Waals surface area contributed by atoms with Crippen LogP contribution in [0.2, 0.25) is 5.02 Å². The highest BCUT2D eigenvalue weighted by Crippen LogP contribution is 2.33. The minimum absolute atomic E-state index is 0.173. The first-order valence-electron chi connectivity index (χ1n) is 20.5. The molecular weight excluding hydrogens is 830 g/mol. The third-order valence-corrected chi connectivity index (χ3v) is 9.34. The predicted octanol–water partition coefficient (Wildman–Crippen LogP) is 11.6. The molecule has 0 aliphatic rings. The summed E-state index contributed by atoms with van der Waals surface area (Å²) in [6.07, 6.45) is 7.57. The molecule has 2 aromatic heterocycles. The maximum Gasteiger partial charge on any atom is 0.247 e. The van der Waals surface area contributed by atoms with Crippen LogP contribution in [0.3, 0.4) is 0 Å². The topological polar surface area (TPSA) is 174 Å². The second-order valence-electron chi connectivity index (χ2n) is 15.3. The Bertz CT molecular complexity index is 2410. The van der Waals surface area contributed by atoms with Crippen LogP contribution in [-0.2, 0) is 22.4 Å². The molecule has 0 aliphatic carbocycles. The molecule has 0 bridgehead atoms. The van der Waals surface area contributed by atoms with Crippen molar-refractivity contribution in [1.29, 1.82) is 0 Å². The fourth-order valence-electron chi connectivity index (χ4n) is 6.17. The monoisotopic (exact) mass is 883 g/mol. The van der Waals surface area contributed by atoms with Crippen LogP contribution in [0.4, 0.5) is 46.2 Å². The van der Waals surface area contributed by atoms with E-state index in [0.29, 0.717) is 52.4 Å². The Labute approximate surface area is 379 Å². The first-order chi connectivity index (χ1) is 30.7. The van der Waals surface area contributed by atoms with E-state index in [0.717, 1.165) is 41.2 Å². The smallest absolute Gasteiger partial charge is 0.247 e. The lowest BCUT2D eigenvalue weighted by molar-refractivity contribution is -0.112. The Morgan fingerprint density at radius 1 is 0.672 bits per heavy atom. The number of aryl methyl sites for hydroxylation is 1. The number of nitrogens with one attached hydrogen (secondary N) is 5. The molecule has 6 aromatic rings. The second kappa shape index (κ2) is 23.1. The number of anilines is 8. The molecule has 2 amide bonds. The number of nitrogens with zero attached hydrogens (tertiary/aromatic N) is 4. The average molecular weight is 884 g/mol. The van der Waals surface area contributed by atoms with Crippen LogP contribution in [-0.4, -0.2) is 46.0 Å². The van der Waals surface area contributed by atoms with Crippen LogP contribution in [0, 0.1) is 18.8 Å². The molecular formula is C49H54ClN9O5. The van der Waals surface area contributed by atoms with E-state index in [2.05, 4.69) is 93.4 Å². The molecule has 0 atom stereocenters. The molecule has 64 heavy (non-hydrogen) atoms. The first-order valence-corrected chi connectivity index (χ1v) is 20.9. The standard InChI is InChI=1S/C25H29N5O2.C24H25ClN4O3/c1-6-23(31)27-19-8-7-9-20(14-19)28-24-17(4)15-26-25(30-24)29-21-11-10-18(12-16(2)3)13-22(21)32-5;1-5-22(30)27-17-7-6-8-18(13-17)32-23-19(25)14-26-24(29-23)28-20-10-9-16(11-15(2)3)12-21(20)31-4/h6-11,13-16H,1,12H2,2-5H3,(H,27,31)(H2,26,28,29,30);5-10,12-15H,1,11H2,2-4H3,(H,27,30)(H,26,28,29).